The molecule has 0 unspecified atom stereocenters. The molecule has 0 amide bonds. The van der Waals surface area contributed by atoms with Crippen LogP contribution in [0.2, 0.25) is 0 Å². The maximum atomic E-state index is 4.63. The second kappa shape index (κ2) is 7.20. The van der Waals surface area contributed by atoms with Gasteiger partial charge in [-0.1, -0.05) is 41.7 Å². The van der Waals surface area contributed by atoms with Crippen LogP contribution in [0.15, 0.2) is 54.6 Å². The summed E-state index contributed by atoms with van der Waals surface area (Å²) in [5.41, 5.74) is 2.42. The average Bonchev–Trinajstić information content (AvgIpc) is 3.06. The second-order valence-corrected chi connectivity index (χ2v) is 7.11. The number of thiazole rings is 1. The Labute approximate surface area is 146 Å². The fraction of sp³-hybridized carbons (Fsp3) is 0.316. The Morgan fingerprint density at radius 1 is 0.917 bits per heavy atom. The molecule has 0 radical (unpaired) electrons. The van der Waals surface area contributed by atoms with Gasteiger partial charge in [0.1, 0.15) is 0 Å². The van der Waals surface area contributed by atoms with Gasteiger partial charge in [0.2, 0.25) is 0 Å². The van der Waals surface area contributed by atoms with E-state index in [0.29, 0.717) is 0 Å². The van der Waals surface area contributed by atoms with Crippen LogP contribution in [0.5, 0.6) is 0 Å². The first-order valence-electron chi connectivity index (χ1n) is 8.50. The molecule has 0 saturated carbocycles. The molecule has 24 heavy (non-hydrogen) atoms. The Morgan fingerprint density at radius 3 is 2.46 bits per heavy atom. The molecule has 1 fully saturated rings. The summed E-state index contributed by atoms with van der Waals surface area (Å²) in [4.78, 5) is 9.63. The van der Waals surface area contributed by atoms with E-state index >= 15 is 0 Å². The number of hydrogen-bond acceptors (Lipinski definition) is 5. The summed E-state index contributed by atoms with van der Waals surface area (Å²) in [5, 5.41) is 4.50. The average molecular weight is 338 g/mol. The van der Waals surface area contributed by atoms with Crippen LogP contribution in [0, 0.1) is 0 Å². The lowest BCUT2D eigenvalue weighted by molar-refractivity contribution is 0.267. The highest BCUT2D eigenvalue weighted by Gasteiger charge is 2.16. The molecule has 0 atom stereocenters. The van der Waals surface area contributed by atoms with Crippen molar-refractivity contribution < 1.29 is 0 Å². The molecule has 2 aromatic carbocycles. The van der Waals surface area contributed by atoms with Crippen molar-refractivity contribution >= 4 is 32.4 Å². The number of rotatable bonds is 5. The SMILES string of the molecule is c1ccc(N2CCN(CCNc3nc4ccccc4s3)CC2)cc1. The molecule has 4 rings (SSSR count). The Hall–Kier alpha value is -2.11. The van der Waals surface area contributed by atoms with E-state index in [0.717, 1.165) is 49.9 Å². The minimum Gasteiger partial charge on any atom is -0.369 e. The van der Waals surface area contributed by atoms with E-state index in [9.17, 15) is 0 Å². The molecule has 0 spiro atoms. The molecule has 124 valence electrons. The summed E-state index contributed by atoms with van der Waals surface area (Å²) in [5.74, 6) is 0. The number of nitrogens with zero attached hydrogens (tertiary/aromatic N) is 3. The Kier molecular flexibility index (Phi) is 4.62. The van der Waals surface area contributed by atoms with E-state index in [-0.39, 0.29) is 0 Å². The molecule has 0 aliphatic carbocycles. The van der Waals surface area contributed by atoms with Crippen molar-refractivity contribution in [3.8, 4) is 0 Å². The molecule has 1 aliphatic heterocycles. The largest absolute Gasteiger partial charge is 0.369 e. The van der Waals surface area contributed by atoms with Crippen molar-refractivity contribution in [1.29, 1.82) is 0 Å². The molecule has 2 heterocycles. The van der Waals surface area contributed by atoms with Gasteiger partial charge in [0.05, 0.1) is 10.2 Å². The van der Waals surface area contributed by atoms with E-state index in [1.165, 1.54) is 10.4 Å². The minimum atomic E-state index is 0.950. The van der Waals surface area contributed by atoms with Crippen LogP contribution in [0.3, 0.4) is 0 Å². The maximum Gasteiger partial charge on any atom is 0.183 e. The molecule has 1 aromatic heterocycles. The summed E-state index contributed by atoms with van der Waals surface area (Å²) in [6.07, 6.45) is 0. The van der Waals surface area contributed by atoms with E-state index < -0.39 is 0 Å². The summed E-state index contributed by atoms with van der Waals surface area (Å²) in [6.45, 7) is 6.47. The Morgan fingerprint density at radius 2 is 1.67 bits per heavy atom. The lowest BCUT2D eigenvalue weighted by Crippen LogP contribution is -2.47. The van der Waals surface area contributed by atoms with Crippen LogP contribution >= 0.6 is 11.3 Å². The van der Waals surface area contributed by atoms with Crippen molar-refractivity contribution in [2.45, 2.75) is 0 Å². The van der Waals surface area contributed by atoms with Crippen LogP contribution in [0.1, 0.15) is 0 Å². The first kappa shape index (κ1) is 15.4. The molecular formula is C19H22N4S. The lowest BCUT2D eigenvalue weighted by atomic mass is 10.2. The summed E-state index contributed by atoms with van der Waals surface area (Å²) >= 11 is 1.73. The fourth-order valence-corrected chi connectivity index (χ4v) is 4.03. The first-order valence-corrected chi connectivity index (χ1v) is 9.32. The number of benzene rings is 2. The normalized spacial score (nSPS) is 15.8. The molecule has 4 nitrogen and oxygen atoms in total. The van der Waals surface area contributed by atoms with Crippen molar-refractivity contribution in [3.05, 3.63) is 54.6 Å². The molecule has 3 aromatic rings. The topological polar surface area (TPSA) is 31.4 Å². The fourth-order valence-electron chi connectivity index (χ4n) is 3.14. The van der Waals surface area contributed by atoms with Gasteiger partial charge >= 0.3 is 0 Å². The zero-order valence-electron chi connectivity index (χ0n) is 13.7. The minimum absolute atomic E-state index is 0.950. The predicted molar refractivity (Wildman–Crippen MR) is 103 cm³/mol. The zero-order chi connectivity index (χ0) is 16.2. The summed E-state index contributed by atoms with van der Waals surface area (Å²) in [7, 11) is 0. The Balaban J connectivity index is 1.24. The number of anilines is 2. The van der Waals surface area contributed by atoms with Gasteiger partial charge in [0.15, 0.2) is 5.13 Å². The Bertz CT molecular complexity index is 745. The number of fused-ring (bicyclic) bond motifs is 1. The van der Waals surface area contributed by atoms with Gasteiger partial charge in [-0.05, 0) is 24.3 Å². The van der Waals surface area contributed by atoms with Crippen molar-refractivity contribution in [1.82, 2.24) is 9.88 Å². The van der Waals surface area contributed by atoms with Gasteiger partial charge in [0.25, 0.3) is 0 Å². The third kappa shape index (κ3) is 3.52. The number of nitrogens with one attached hydrogen (secondary N) is 1. The van der Waals surface area contributed by atoms with Crippen LogP contribution < -0.4 is 10.2 Å². The number of para-hydroxylation sites is 2. The maximum absolute atomic E-state index is 4.63. The molecule has 1 N–H and O–H groups in total. The lowest BCUT2D eigenvalue weighted by Gasteiger charge is -2.36. The molecular weight excluding hydrogens is 316 g/mol. The van der Waals surface area contributed by atoms with Crippen molar-refractivity contribution in [2.75, 3.05) is 49.5 Å². The quantitative estimate of drug-likeness (QED) is 0.771. The molecule has 0 bridgehead atoms. The summed E-state index contributed by atoms with van der Waals surface area (Å²) in [6, 6.07) is 19.0. The highest BCUT2D eigenvalue weighted by Crippen LogP contribution is 2.25. The highest BCUT2D eigenvalue weighted by atomic mass is 32.1. The van der Waals surface area contributed by atoms with Crippen LogP contribution in [0.25, 0.3) is 10.2 Å². The van der Waals surface area contributed by atoms with Crippen LogP contribution in [-0.2, 0) is 0 Å². The molecule has 5 heteroatoms. The standard InChI is InChI=1S/C19H22N4S/c1-2-6-16(7-3-1)23-14-12-22(13-15-23)11-10-20-19-21-17-8-4-5-9-18(17)24-19/h1-9H,10-15H2,(H,20,21). The van der Waals surface area contributed by atoms with Crippen molar-refractivity contribution in [2.24, 2.45) is 0 Å². The summed E-state index contributed by atoms with van der Waals surface area (Å²) < 4.78 is 1.25. The molecule has 1 saturated heterocycles. The van der Waals surface area contributed by atoms with E-state index in [1.54, 1.807) is 11.3 Å². The highest BCUT2D eigenvalue weighted by molar-refractivity contribution is 7.22. The second-order valence-electron chi connectivity index (χ2n) is 6.08. The molecule has 1 aliphatic rings. The van der Waals surface area contributed by atoms with E-state index in [1.807, 2.05) is 6.07 Å². The number of aromatic nitrogens is 1. The van der Waals surface area contributed by atoms with Gasteiger partial charge in [-0.15, -0.1) is 0 Å². The zero-order valence-corrected chi connectivity index (χ0v) is 14.5. The van der Waals surface area contributed by atoms with Gasteiger partial charge < -0.3 is 10.2 Å². The smallest absolute Gasteiger partial charge is 0.183 e. The predicted octanol–water partition coefficient (Wildman–Crippen LogP) is 3.53. The van der Waals surface area contributed by atoms with Gasteiger partial charge in [0, 0.05) is 45.0 Å². The van der Waals surface area contributed by atoms with Gasteiger partial charge in [-0.2, -0.15) is 0 Å². The third-order valence-corrected chi connectivity index (χ3v) is 5.49. The van der Waals surface area contributed by atoms with E-state index in [4.69, 9.17) is 0 Å². The van der Waals surface area contributed by atoms with Crippen LogP contribution in [0.4, 0.5) is 10.8 Å². The van der Waals surface area contributed by atoms with Gasteiger partial charge in [-0.25, -0.2) is 4.98 Å². The monoisotopic (exact) mass is 338 g/mol. The van der Waals surface area contributed by atoms with Gasteiger partial charge in [-0.3, -0.25) is 4.90 Å². The number of hydrogen-bond donors (Lipinski definition) is 1. The first-order chi connectivity index (χ1) is 11.9. The third-order valence-electron chi connectivity index (χ3n) is 4.49. The van der Waals surface area contributed by atoms with Crippen LogP contribution in [-0.4, -0.2) is 49.2 Å². The van der Waals surface area contributed by atoms with E-state index in [2.05, 4.69) is 68.6 Å². The van der Waals surface area contributed by atoms with Crippen molar-refractivity contribution in [3.63, 3.8) is 0 Å². The number of piperazine rings is 1.